The van der Waals surface area contributed by atoms with Crippen molar-refractivity contribution in [1.29, 1.82) is 0 Å². The molecule has 0 aromatic heterocycles. The van der Waals surface area contributed by atoms with E-state index in [0.29, 0.717) is 6.54 Å². The minimum absolute atomic E-state index is 0.0508. The summed E-state index contributed by atoms with van der Waals surface area (Å²) in [6.07, 6.45) is -0.205. The minimum atomic E-state index is -0.205. The first-order valence-corrected chi connectivity index (χ1v) is 9.11. The molecule has 1 N–H and O–H groups in total. The number of para-hydroxylation sites is 1. The van der Waals surface area contributed by atoms with E-state index in [2.05, 4.69) is 46.6 Å². The van der Waals surface area contributed by atoms with Gasteiger partial charge in [-0.2, -0.15) is 0 Å². The van der Waals surface area contributed by atoms with Crippen LogP contribution in [0.1, 0.15) is 27.7 Å². The summed E-state index contributed by atoms with van der Waals surface area (Å²) in [6.45, 7) is 0.557. The van der Waals surface area contributed by atoms with Crippen molar-refractivity contribution in [2.24, 2.45) is 0 Å². The molecule has 1 unspecified atom stereocenters. The van der Waals surface area contributed by atoms with Gasteiger partial charge in [-0.15, -0.1) is 0 Å². The second kappa shape index (κ2) is 7.16. The summed E-state index contributed by atoms with van der Waals surface area (Å²) in [5.74, 6) is 0.0508. The molecule has 0 saturated heterocycles. The molecule has 1 aliphatic rings. The highest BCUT2D eigenvalue weighted by Crippen LogP contribution is 2.34. The van der Waals surface area contributed by atoms with E-state index in [1.165, 1.54) is 0 Å². The molecule has 136 valence electrons. The van der Waals surface area contributed by atoms with Crippen LogP contribution in [0.15, 0.2) is 78.9 Å². The van der Waals surface area contributed by atoms with Crippen molar-refractivity contribution >= 4 is 17.3 Å². The maximum Gasteiger partial charge on any atom is 0.258 e. The van der Waals surface area contributed by atoms with Gasteiger partial charge in [0.05, 0.1) is 5.56 Å². The number of fused-ring (bicyclic) bond motifs is 1. The Hall–Kier alpha value is -3.27. The van der Waals surface area contributed by atoms with Crippen LogP contribution >= 0.6 is 0 Å². The van der Waals surface area contributed by atoms with E-state index in [-0.39, 0.29) is 12.1 Å². The SMILES string of the molecule is CN(C)c1ccc(C2Nc3ccccc3C(=O)N2Cc2ccccc2)cc1. The molecule has 4 nitrogen and oxygen atoms in total. The molecule has 1 amide bonds. The topological polar surface area (TPSA) is 35.6 Å². The first-order valence-electron chi connectivity index (χ1n) is 9.11. The predicted molar refractivity (Wildman–Crippen MR) is 110 cm³/mol. The van der Waals surface area contributed by atoms with Gasteiger partial charge in [-0.25, -0.2) is 0 Å². The maximum absolute atomic E-state index is 13.3. The number of nitrogens with zero attached hydrogens (tertiary/aromatic N) is 2. The molecule has 3 aromatic carbocycles. The van der Waals surface area contributed by atoms with Crippen LogP contribution in [0.25, 0.3) is 0 Å². The Bertz CT molecular complexity index is 935. The van der Waals surface area contributed by atoms with E-state index >= 15 is 0 Å². The van der Waals surface area contributed by atoms with E-state index in [0.717, 1.165) is 28.1 Å². The van der Waals surface area contributed by atoms with E-state index in [9.17, 15) is 4.79 Å². The first kappa shape index (κ1) is 17.2. The van der Waals surface area contributed by atoms with Crippen LogP contribution < -0.4 is 10.2 Å². The number of anilines is 2. The van der Waals surface area contributed by atoms with Crippen molar-refractivity contribution in [3.63, 3.8) is 0 Å². The van der Waals surface area contributed by atoms with Crippen molar-refractivity contribution in [3.8, 4) is 0 Å². The molecule has 0 saturated carbocycles. The Morgan fingerprint density at radius 3 is 2.26 bits per heavy atom. The van der Waals surface area contributed by atoms with Crippen LogP contribution in [0, 0.1) is 0 Å². The van der Waals surface area contributed by atoms with Crippen LogP contribution in [-0.4, -0.2) is 24.9 Å². The van der Waals surface area contributed by atoms with E-state index in [1.807, 2.05) is 61.5 Å². The smallest absolute Gasteiger partial charge is 0.258 e. The zero-order chi connectivity index (χ0) is 18.8. The van der Waals surface area contributed by atoms with Crippen LogP contribution in [0.4, 0.5) is 11.4 Å². The highest BCUT2D eigenvalue weighted by Gasteiger charge is 2.32. The van der Waals surface area contributed by atoms with Gasteiger partial charge in [-0.05, 0) is 35.4 Å². The summed E-state index contributed by atoms with van der Waals surface area (Å²) in [7, 11) is 4.05. The average Bonchev–Trinajstić information content (AvgIpc) is 2.71. The molecular formula is C23H23N3O. The van der Waals surface area contributed by atoms with Crippen molar-refractivity contribution in [2.45, 2.75) is 12.7 Å². The molecule has 0 radical (unpaired) electrons. The number of amides is 1. The minimum Gasteiger partial charge on any atom is -0.378 e. The normalized spacial score (nSPS) is 15.9. The van der Waals surface area contributed by atoms with Gasteiger partial charge in [0.1, 0.15) is 6.17 Å². The Morgan fingerprint density at radius 2 is 1.56 bits per heavy atom. The molecular weight excluding hydrogens is 334 g/mol. The number of carbonyl (C=O) groups is 1. The van der Waals surface area contributed by atoms with Gasteiger partial charge in [0.25, 0.3) is 5.91 Å². The van der Waals surface area contributed by atoms with Gasteiger partial charge in [-0.1, -0.05) is 54.6 Å². The monoisotopic (exact) mass is 357 g/mol. The summed E-state index contributed by atoms with van der Waals surface area (Å²) in [5.41, 5.74) is 4.92. The van der Waals surface area contributed by atoms with Crippen molar-refractivity contribution in [1.82, 2.24) is 4.90 Å². The fourth-order valence-corrected chi connectivity index (χ4v) is 3.45. The summed E-state index contributed by atoms with van der Waals surface area (Å²) in [4.78, 5) is 17.2. The number of rotatable bonds is 4. The highest BCUT2D eigenvalue weighted by atomic mass is 16.2. The Labute approximate surface area is 160 Å². The summed E-state index contributed by atoms with van der Waals surface area (Å²) < 4.78 is 0. The van der Waals surface area contributed by atoms with Crippen molar-refractivity contribution in [2.75, 3.05) is 24.3 Å². The summed E-state index contributed by atoms with van der Waals surface area (Å²) in [5, 5.41) is 3.55. The Kier molecular flexibility index (Phi) is 4.55. The average molecular weight is 357 g/mol. The van der Waals surface area contributed by atoms with E-state index in [4.69, 9.17) is 0 Å². The van der Waals surface area contributed by atoms with Crippen molar-refractivity contribution in [3.05, 3.63) is 95.6 Å². The number of benzene rings is 3. The fourth-order valence-electron chi connectivity index (χ4n) is 3.45. The van der Waals surface area contributed by atoms with E-state index in [1.54, 1.807) is 0 Å². The molecule has 1 atom stereocenters. The molecule has 0 fully saturated rings. The molecule has 0 spiro atoms. The lowest BCUT2D eigenvalue weighted by Gasteiger charge is -2.38. The van der Waals surface area contributed by atoms with Crippen LogP contribution in [-0.2, 0) is 6.54 Å². The first-order chi connectivity index (χ1) is 13.1. The van der Waals surface area contributed by atoms with Gasteiger partial charge in [-0.3, -0.25) is 4.79 Å². The lowest BCUT2D eigenvalue weighted by Crippen LogP contribution is -2.42. The largest absolute Gasteiger partial charge is 0.378 e. The van der Waals surface area contributed by atoms with Crippen LogP contribution in [0.3, 0.4) is 0 Å². The second-order valence-electron chi connectivity index (χ2n) is 7.00. The lowest BCUT2D eigenvalue weighted by molar-refractivity contribution is 0.0666. The van der Waals surface area contributed by atoms with Crippen LogP contribution in [0.5, 0.6) is 0 Å². The number of hydrogen-bond donors (Lipinski definition) is 1. The quantitative estimate of drug-likeness (QED) is 0.746. The summed E-state index contributed by atoms with van der Waals surface area (Å²) in [6, 6.07) is 26.2. The van der Waals surface area contributed by atoms with Crippen molar-refractivity contribution < 1.29 is 4.79 Å². The van der Waals surface area contributed by atoms with Gasteiger partial charge < -0.3 is 15.1 Å². The molecule has 1 aliphatic heterocycles. The third kappa shape index (κ3) is 3.38. The second-order valence-corrected chi connectivity index (χ2v) is 7.00. The number of nitrogens with one attached hydrogen (secondary N) is 1. The number of hydrogen-bond acceptors (Lipinski definition) is 3. The molecule has 1 heterocycles. The fraction of sp³-hybridized carbons (Fsp3) is 0.174. The molecule has 0 bridgehead atoms. The molecule has 4 rings (SSSR count). The molecule has 4 heteroatoms. The maximum atomic E-state index is 13.3. The van der Waals surface area contributed by atoms with Gasteiger partial charge >= 0.3 is 0 Å². The zero-order valence-electron chi connectivity index (χ0n) is 15.6. The summed E-state index contributed by atoms with van der Waals surface area (Å²) >= 11 is 0. The van der Waals surface area contributed by atoms with Gasteiger partial charge in [0, 0.05) is 32.0 Å². The van der Waals surface area contributed by atoms with Gasteiger partial charge in [0.15, 0.2) is 0 Å². The molecule has 0 aliphatic carbocycles. The highest BCUT2D eigenvalue weighted by molar-refractivity contribution is 6.01. The molecule has 27 heavy (non-hydrogen) atoms. The van der Waals surface area contributed by atoms with Crippen LogP contribution in [0.2, 0.25) is 0 Å². The lowest BCUT2D eigenvalue weighted by atomic mass is 10.0. The Balaban J connectivity index is 1.73. The zero-order valence-corrected chi connectivity index (χ0v) is 15.6. The number of carbonyl (C=O) groups excluding carboxylic acids is 1. The third-order valence-electron chi connectivity index (χ3n) is 4.94. The van der Waals surface area contributed by atoms with E-state index < -0.39 is 0 Å². The standard InChI is InChI=1S/C23H23N3O/c1-25(2)19-14-12-18(13-15-19)22-24-21-11-7-6-10-20(21)23(27)26(22)16-17-8-4-3-5-9-17/h3-15,22,24H,16H2,1-2H3. The molecule has 3 aromatic rings. The Morgan fingerprint density at radius 1 is 0.889 bits per heavy atom. The third-order valence-corrected chi connectivity index (χ3v) is 4.94. The van der Waals surface area contributed by atoms with Gasteiger partial charge in [0.2, 0.25) is 0 Å². The predicted octanol–water partition coefficient (Wildman–Crippen LogP) is 4.52.